The number of likely N-dealkylation sites (tertiary alicyclic amines) is 1. The van der Waals surface area contributed by atoms with Crippen LogP contribution in [0.5, 0.6) is 5.88 Å². The topological polar surface area (TPSA) is 104 Å². The van der Waals surface area contributed by atoms with Crippen molar-refractivity contribution in [3.8, 4) is 5.88 Å². The number of nitrogens with one attached hydrogen (secondary N) is 2. The first-order valence-corrected chi connectivity index (χ1v) is 6.24. The Morgan fingerprint density at radius 1 is 1.50 bits per heavy atom. The molecule has 0 bridgehead atoms. The van der Waals surface area contributed by atoms with E-state index in [0.717, 1.165) is 6.42 Å². The van der Waals surface area contributed by atoms with Gasteiger partial charge in [0, 0.05) is 31.4 Å². The van der Waals surface area contributed by atoms with Crippen molar-refractivity contribution in [1.82, 2.24) is 25.1 Å². The van der Waals surface area contributed by atoms with Crippen molar-refractivity contribution in [2.45, 2.75) is 12.5 Å². The standard InChI is InChI=1S/C12H13N5O3/c18-11(9-6-13-12(19)15-9)17-5-3-8(7-17)20-10-2-1-4-14-16-10/h1-2,4,6,8H,3,5,7H2,(H2,13,15,19)/t8-/m0/s1. The minimum absolute atomic E-state index is 0.110. The van der Waals surface area contributed by atoms with E-state index in [1.54, 1.807) is 23.2 Å². The van der Waals surface area contributed by atoms with E-state index in [4.69, 9.17) is 4.74 Å². The van der Waals surface area contributed by atoms with Crippen LogP contribution in [-0.4, -0.2) is 50.2 Å². The number of aromatic amines is 2. The van der Waals surface area contributed by atoms with Crippen LogP contribution in [0.3, 0.4) is 0 Å². The molecule has 3 rings (SSSR count). The number of imidazole rings is 1. The van der Waals surface area contributed by atoms with Gasteiger partial charge in [0.2, 0.25) is 5.88 Å². The fourth-order valence-electron chi connectivity index (χ4n) is 2.15. The van der Waals surface area contributed by atoms with Crippen LogP contribution in [-0.2, 0) is 0 Å². The zero-order chi connectivity index (χ0) is 13.9. The number of carbonyl (C=O) groups is 1. The van der Waals surface area contributed by atoms with E-state index in [9.17, 15) is 9.59 Å². The molecule has 8 heteroatoms. The summed E-state index contributed by atoms with van der Waals surface area (Å²) in [6, 6.07) is 3.46. The van der Waals surface area contributed by atoms with E-state index in [2.05, 4.69) is 20.2 Å². The molecule has 0 unspecified atom stereocenters. The lowest BCUT2D eigenvalue weighted by atomic mass is 10.3. The summed E-state index contributed by atoms with van der Waals surface area (Å²) in [5, 5.41) is 7.58. The largest absolute Gasteiger partial charge is 0.471 e. The summed E-state index contributed by atoms with van der Waals surface area (Å²) in [6.07, 6.45) is 3.55. The molecule has 1 aliphatic heterocycles. The van der Waals surface area contributed by atoms with Crippen molar-refractivity contribution in [3.05, 3.63) is 40.7 Å². The minimum atomic E-state index is -0.389. The highest BCUT2D eigenvalue weighted by molar-refractivity contribution is 5.92. The van der Waals surface area contributed by atoms with E-state index in [0.29, 0.717) is 19.0 Å². The molecule has 2 aromatic heterocycles. The zero-order valence-electron chi connectivity index (χ0n) is 10.6. The number of rotatable bonds is 3. The van der Waals surface area contributed by atoms with Crippen LogP contribution in [0, 0.1) is 0 Å². The van der Waals surface area contributed by atoms with Crippen molar-refractivity contribution in [2.75, 3.05) is 13.1 Å². The molecular weight excluding hydrogens is 262 g/mol. The Bertz CT molecular complexity index is 650. The van der Waals surface area contributed by atoms with Gasteiger partial charge < -0.3 is 19.6 Å². The van der Waals surface area contributed by atoms with Crippen LogP contribution >= 0.6 is 0 Å². The normalized spacial score (nSPS) is 18.2. The Balaban J connectivity index is 1.62. The van der Waals surface area contributed by atoms with E-state index in [1.807, 2.05) is 0 Å². The third-order valence-corrected chi connectivity index (χ3v) is 3.09. The number of carbonyl (C=O) groups excluding carboxylic acids is 1. The molecule has 1 saturated heterocycles. The van der Waals surface area contributed by atoms with Crippen LogP contribution in [0.1, 0.15) is 16.9 Å². The highest BCUT2D eigenvalue weighted by Crippen LogP contribution is 2.17. The highest BCUT2D eigenvalue weighted by Gasteiger charge is 2.29. The minimum Gasteiger partial charge on any atom is -0.471 e. The first-order valence-electron chi connectivity index (χ1n) is 6.24. The second kappa shape index (κ2) is 5.16. The Morgan fingerprint density at radius 3 is 3.10 bits per heavy atom. The SMILES string of the molecule is O=C(c1c[nH]c(=O)[nH]1)N1CC[C@H](Oc2cccnn2)C1. The van der Waals surface area contributed by atoms with Gasteiger partial charge in [-0.25, -0.2) is 4.79 Å². The van der Waals surface area contributed by atoms with Crippen molar-refractivity contribution < 1.29 is 9.53 Å². The molecule has 8 nitrogen and oxygen atoms in total. The van der Waals surface area contributed by atoms with Crippen LogP contribution in [0.4, 0.5) is 0 Å². The van der Waals surface area contributed by atoms with Gasteiger partial charge in [-0.05, 0) is 6.07 Å². The molecular formula is C12H13N5O3. The molecule has 0 spiro atoms. The van der Waals surface area contributed by atoms with Gasteiger partial charge in [-0.2, -0.15) is 5.10 Å². The number of nitrogens with zero attached hydrogens (tertiary/aromatic N) is 3. The second-order valence-corrected chi connectivity index (χ2v) is 4.50. The molecule has 2 N–H and O–H groups in total. The van der Waals surface area contributed by atoms with Gasteiger partial charge in [0.1, 0.15) is 11.8 Å². The number of hydrogen-bond donors (Lipinski definition) is 2. The lowest BCUT2D eigenvalue weighted by Gasteiger charge is -2.15. The van der Waals surface area contributed by atoms with Gasteiger partial charge in [0.15, 0.2) is 0 Å². The maximum atomic E-state index is 12.1. The molecule has 1 atom stereocenters. The van der Waals surface area contributed by atoms with E-state index in [1.165, 1.54) is 6.20 Å². The van der Waals surface area contributed by atoms with Gasteiger partial charge in [-0.15, -0.1) is 5.10 Å². The summed E-state index contributed by atoms with van der Waals surface area (Å²) >= 11 is 0. The molecule has 3 heterocycles. The molecule has 1 fully saturated rings. The average molecular weight is 275 g/mol. The fraction of sp³-hybridized carbons (Fsp3) is 0.333. The lowest BCUT2D eigenvalue weighted by molar-refractivity contribution is 0.0765. The second-order valence-electron chi connectivity index (χ2n) is 4.50. The molecule has 0 saturated carbocycles. The summed E-state index contributed by atoms with van der Waals surface area (Å²) in [6.45, 7) is 1.04. The monoisotopic (exact) mass is 275 g/mol. The smallest absolute Gasteiger partial charge is 0.323 e. The number of ether oxygens (including phenoxy) is 1. The van der Waals surface area contributed by atoms with E-state index in [-0.39, 0.29) is 23.4 Å². The Labute approximate surface area is 113 Å². The van der Waals surface area contributed by atoms with Crippen molar-refractivity contribution in [3.63, 3.8) is 0 Å². The predicted octanol–water partition coefficient (Wildman–Crippen LogP) is -0.214. The van der Waals surface area contributed by atoms with Crippen molar-refractivity contribution >= 4 is 5.91 Å². The Morgan fingerprint density at radius 2 is 2.40 bits per heavy atom. The predicted molar refractivity (Wildman–Crippen MR) is 68.4 cm³/mol. The summed E-state index contributed by atoms with van der Waals surface area (Å²) < 4.78 is 5.65. The first kappa shape index (κ1) is 12.4. The number of aromatic nitrogens is 4. The summed E-state index contributed by atoms with van der Waals surface area (Å²) in [7, 11) is 0. The van der Waals surface area contributed by atoms with Gasteiger partial charge in [0.05, 0.1) is 6.54 Å². The molecule has 0 radical (unpaired) electrons. The van der Waals surface area contributed by atoms with Crippen LogP contribution in [0.15, 0.2) is 29.3 Å². The van der Waals surface area contributed by atoms with Gasteiger partial charge in [-0.3, -0.25) is 4.79 Å². The van der Waals surface area contributed by atoms with Crippen LogP contribution in [0.25, 0.3) is 0 Å². The third kappa shape index (κ3) is 2.53. The molecule has 1 aliphatic rings. The summed E-state index contributed by atoms with van der Waals surface area (Å²) in [5.74, 6) is 0.232. The first-order chi connectivity index (χ1) is 9.72. The molecule has 1 amide bonds. The summed E-state index contributed by atoms with van der Waals surface area (Å²) in [5.41, 5.74) is -0.130. The highest BCUT2D eigenvalue weighted by atomic mass is 16.5. The van der Waals surface area contributed by atoms with Crippen LogP contribution in [0.2, 0.25) is 0 Å². The molecule has 104 valence electrons. The van der Waals surface area contributed by atoms with Crippen molar-refractivity contribution in [2.24, 2.45) is 0 Å². The quantitative estimate of drug-likeness (QED) is 0.806. The number of H-pyrrole nitrogens is 2. The van der Waals surface area contributed by atoms with Gasteiger partial charge in [0.25, 0.3) is 5.91 Å². The third-order valence-electron chi connectivity index (χ3n) is 3.09. The van der Waals surface area contributed by atoms with E-state index >= 15 is 0 Å². The Hall–Kier alpha value is -2.64. The number of amides is 1. The zero-order valence-corrected chi connectivity index (χ0v) is 10.6. The number of hydrogen-bond acceptors (Lipinski definition) is 5. The van der Waals surface area contributed by atoms with Crippen molar-refractivity contribution in [1.29, 1.82) is 0 Å². The summed E-state index contributed by atoms with van der Waals surface area (Å²) in [4.78, 5) is 29.6. The lowest BCUT2D eigenvalue weighted by Crippen LogP contribution is -2.31. The van der Waals surface area contributed by atoms with Gasteiger partial charge >= 0.3 is 5.69 Å². The molecule has 0 aliphatic carbocycles. The Kier molecular flexibility index (Phi) is 3.20. The maximum absolute atomic E-state index is 12.1. The molecule has 0 aromatic carbocycles. The fourth-order valence-corrected chi connectivity index (χ4v) is 2.15. The molecule has 2 aromatic rings. The van der Waals surface area contributed by atoms with E-state index < -0.39 is 0 Å². The van der Waals surface area contributed by atoms with Gasteiger partial charge in [-0.1, -0.05) is 0 Å². The van der Waals surface area contributed by atoms with Crippen LogP contribution < -0.4 is 10.4 Å². The maximum Gasteiger partial charge on any atom is 0.323 e. The molecule has 20 heavy (non-hydrogen) atoms. The average Bonchev–Trinajstić information content (AvgIpc) is 3.08.